The topological polar surface area (TPSA) is 75.5 Å². The predicted octanol–water partition coefficient (Wildman–Crippen LogP) is 3.74. The second-order valence-electron chi connectivity index (χ2n) is 4.96. The Kier molecular flexibility index (Phi) is 4.11. The lowest BCUT2D eigenvalue weighted by Crippen LogP contribution is -2.29. The van der Waals surface area contributed by atoms with Crippen LogP contribution >= 0.6 is 11.6 Å². The monoisotopic (exact) mass is 319 g/mol. The minimum Gasteiger partial charge on any atom is -0.465 e. The number of ether oxygens (including phenoxy) is 1. The molecule has 1 aromatic carbocycles. The average molecular weight is 320 g/mol. The van der Waals surface area contributed by atoms with Gasteiger partial charge in [0, 0.05) is 12.6 Å². The molecular formula is C15H14ClN3O3. The van der Waals surface area contributed by atoms with Crippen molar-refractivity contribution in [2.45, 2.75) is 19.3 Å². The summed E-state index contributed by atoms with van der Waals surface area (Å²) in [7, 11) is 0. The molecule has 0 aliphatic carbocycles. The lowest BCUT2D eigenvalue weighted by molar-refractivity contribution is 0.202. The second kappa shape index (κ2) is 6.19. The van der Waals surface area contributed by atoms with E-state index in [1.54, 1.807) is 12.1 Å². The van der Waals surface area contributed by atoms with Crippen LogP contribution in [0.5, 0.6) is 11.6 Å². The Balaban J connectivity index is 1.89. The molecule has 1 aliphatic heterocycles. The van der Waals surface area contributed by atoms with Gasteiger partial charge in [-0.3, -0.25) is 4.90 Å². The number of fused-ring (bicyclic) bond motifs is 1. The Morgan fingerprint density at radius 1 is 1.27 bits per heavy atom. The number of aryl methyl sites for hydroxylation is 1. The molecule has 0 saturated heterocycles. The number of amides is 1. The third-order valence-electron chi connectivity index (χ3n) is 3.48. The van der Waals surface area contributed by atoms with Gasteiger partial charge in [0.1, 0.15) is 17.2 Å². The van der Waals surface area contributed by atoms with Crippen LogP contribution in [-0.4, -0.2) is 27.7 Å². The van der Waals surface area contributed by atoms with Crippen molar-refractivity contribution < 1.29 is 14.6 Å². The number of aromatic nitrogens is 2. The van der Waals surface area contributed by atoms with Crippen molar-refractivity contribution in [1.82, 2.24) is 9.97 Å². The molecule has 1 aromatic heterocycles. The molecule has 0 saturated carbocycles. The highest BCUT2D eigenvalue weighted by molar-refractivity contribution is 6.29. The number of carboxylic acid groups (broad SMARTS) is 1. The van der Waals surface area contributed by atoms with E-state index >= 15 is 0 Å². The van der Waals surface area contributed by atoms with Crippen LogP contribution in [-0.2, 0) is 6.42 Å². The van der Waals surface area contributed by atoms with Gasteiger partial charge in [0.2, 0.25) is 5.88 Å². The molecule has 2 heterocycles. The molecular weight excluding hydrogens is 306 g/mol. The zero-order valence-electron chi connectivity index (χ0n) is 11.7. The normalized spacial score (nSPS) is 14.1. The van der Waals surface area contributed by atoms with E-state index in [2.05, 4.69) is 9.97 Å². The molecule has 0 radical (unpaired) electrons. The Morgan fingerprint density at radius 2 is 2.14 bits per heavy atom. The van der Waals surface area contributed by atoms with Crippen LogP contribution in [0.25, 0.3) is 0 Å². The van der Waals surface area contributed by atoms with E-state index in [0.717, 1.165) is 30.5 Å². The van der Waals surface area contributed by atoms with Gasteiger partial charge in [-0.2, -0.15) is 0 Å². The number of halogens is 1. The highest BCUT2D eigenvalue weighted by Crippen LogP contribution is 2.31. The first-order valence-corrected chi connectivity index (χ1v) is 7.30. The maximum atomic E-state index is 11.3. The molecule has 7 heteroatoms. The van der Waals surface area contributed by atoms with Crippen LogP contribution in [0.1, 0.15) is 18.4 Å². The Morgan fingerprint density at radius 3 is 2.91 bits per heavy atom. The average Bonchev–Trinajstić information content (AvgIpc) is 2.69. The van der Waals surface area contributed by atoms with E-state index in [1.165, 1.54) is 17.3 Å². The van der Waals surface area contributed by atoms with E-state index < -0.39 is 6.09 Å². The van der Waals surface area contributed by atoms with Gasteiger partial charge < -0.3 is 9.84 Å². The zero-order valence-corrected chi connectivity index (χ0v) is 12.5. The summed E-state index contributed by atoms with van der Waals surface area (Å²) in [5, 5.41) is 9.61. The fourth-order valence-electron chi connectivity index (χ4n) is 2.49. The molecule has 22 heavy (non-hydrogen) atoms. The third-order valence-corrected chi connectivity index (χ3v) is 3.69. The molecule has 6 nitrogen and oxygen atoms in total. The summed E-state index contributed by atoms with van der Waals surface area (Å²) in [5.41, 5.74) is 1.68. The van der Waals surface area contributed by atoms with Crippen LogP contribution in [0.15, 0.2) is 30.6 Å². The third kappa shape index (κ3) is 3.12. The summed E-state index contributed by atoms with van der Waals surface area (Å²) in [6.07, 6.45) is 3.01. The SMILES string of the molecule is O=C(O)N1CCCCc2cc(Oc3cc(Cl)ncn3)ccc21. The lowest BCUT2D eigenvalue weighted by atomic mass is 10.1. The van der Waals surface area contributed by atoms with E-state index in [-0.39, 0.29) is 0 Å². The summed E-state index contributed by atoms with van der Waals surface area (Å²) >= 11 is 5.80. The smallest absolute Gasteiger partial charge is 0.411 e. The highest BCUT2D eigenvalue weighted by atomic mass is 35.5. The number of nitrogens with zero attached hydrogens (tertiary/aromatic N) is 3. The Bertz CT molecular complexity index is 708. The van der Waals surface area contributed by atoms with Crippen LogP contribution in [0.3, 0.4) is 0 Å². The minimum atomic E-state index is -0.931. The number of anilines is 1. The quantitative estimate of drug-likeness (QED) is 0.853. The van der Waals surface area contributed by atoms with E-state index in [9.17, 15) is 9.90 Å². The van der Waals surface area contributed by atoms with Crippen LogP contribution < -0.4 is 9.64 Å². The van der Waals surface area contributed by atoms with Gasteiger partial charge in [0.15, 0.2) is 0 Å². The maximum absolute atomic E-state index is 11.3. The van der Waals surface area contributed by atoms with Gasteiger partial charge >= 0.3 is 6.09 Å². The maximum Gasteiger partial charge on any atom is 0.411 e. The van der Waals surface area contributed by atoms with Gasteiger partial charge in [-0.05, 0) is 43.0 Å². The number of benzene rings is 1. The molecule has 0 fully saturated rings. The van der Waals surface area contributed by atoms with Crippen molar-refractivity contribution in [3.63, 3.8) is 0 Å². The molecule has 1 N–H and O–H groups in total. The molecule has 2 aromatic rings. The fourth-order valence-corrected chi connectivity index (χ4v) is 2.62. The second-order valence-corrected chi connectivity index (χ2v) is 5.35. The molecule has 0 atom stereocenters. The highest BCUT2D eigenvalue weighted by Gasteiger charge is 2.20. The first-order chi connectivity index (χ1) is 10.6. The van der Waals surface area contributed by atoms with Gasteiger partial charge in [0.25, 0.3) is 0 Å². The molecule has 0 spiro atoms. The molecule has 3 rings (SSSR count). The van der Waals surface area contributed by atoms with Crippen LogP contribution in [0, 0.1) is 0 Å². The largest absolute Gasteiger partial charge is 0.465 e. The fraction of sp³-hybridized carbons (Fsp3) is 0.267. The summed E-state index contributed by atoms with van der Waals surface area (Å²) in [5.74, 6) is 0.949. The summed E-state index contributed by atoms with van der Waals surface area (Å²) in [6.45, 7) is 0.518. The van der Waals surface area contributed by atoms with Gasteiger partial charge in [-0.25, -0.2) is 14.8 Å². The Labute approximate surface area is 132 Å². The van der Waals surface area contributed by atoms with Crippen molar-refractivity contribution >= 4 is 23.4 Å². The number of hydrogen-bond donors (Lipinski definition) is 1. The predicted molar refractivity (Wildman–Crippen MR) is 81.9 cm³/mol. The van der Waals surface area contributed by atoms with Gasteiger partial charge in [0.05, 0.1) is 5.69 Å². The van der Waals surface area contributed by atoms with E-state index in [1.807, 2.05) is 6.07 Å². The number of carbonyl (C=O) groups is 1. The number of rotatable bonds is 2. The number of hydrogen-bond acceptors (Lipinski definition) is 4. The van der Waals surface area contributed by atoms with Crippen molar-refractivity contribution in [2.24, 2.45) is 0 Å². The van der Waals surface area contributed by atoms with Crippen molar-refractivity contribution in [3.8, 4) is 11.6 Å². The molecule has 1 amide bonds. The first-order valence-electron chi connectivity index (χ1n) is 6.92. The summed E-state index contributed by atoms with van der Waals surface area (Å²) in [4.78, 5) is 20.5. The van der Waals surface area contributed by atoms with Crippen molar-refractivity contribution in [1.29, 1.82) is 0 Å². The van der Waals surface area contributed by atoms with Gasteiger partial charge in [-0.15, -0.1) is 0 Å². The summed E-state index contributed by atoms with van der Waals surface area (Å²) < 4.78 is 5.66. The van der Waals surface area contributed by atoms with Crippen molar-refractivity contribution in [3.05, 3.63) is 41.3 Å². The Hall–Kier alpha value is -2.34. The standard InChI is InChI=1S/C15H14ClN3O3/c16-13-8-14(18-9-17-13)22-11-4-5-12-10(7-11)3-1-2-6-19(12)15(20)21/h4-5,7-9H,1-3,6H2,(H,20,21). The first kappa shape index (κ1) is 14.6. The van der Waals surface area contributed by atoms with E-state index in [0.29, 0.717) is 23.3 Å². The molecule has 114 valence electrons. The van der Waals surface area contributed by atoms with Crippen LogP contribution in [0.4, 0.5) is 10.5 Å². The molecule has 0 unspecified atom stereocenters. The zero-order chi connectivity index (χ0) is 15.5. The summed E-state index contributed by atoms with van der Waals surface area (Å²) in [6, 6.07) is 6.88. The lowest BCUT2D eigenvalue weighted by Gasteiger charge is -2.19. The molecule has 0 bridgehead atoms. The van der Waals surface area contributed by atoms with Crippen LogP contribution in [0.2, 0.25) is 5.15 Å². The van der Waals surface area contributed by atoms with Gasteiger partial charge in [-0.1, -0.05) is 11.6 Å². The molecule has 1 aliphatic rings. The van der Waals surface area contributed by atoms with E-state index in [4.69, 9.17) is 16.3 Å². The minimum absolute atomic E-state index is 0.303. The van der Waals surface area contributed by atoms with Crippen molar-refractivity contribution in [2.75, 3.05) is 11.4 Å².